The molecule has 4 aromatic rings. The fourth-order valence-corrected chi connectivity index (χ4v) is 6.71. The number of sulfonamides is 1. The van der Waals surface area contributed by atoms with Crippen molar-refractivity contribution in [3.8, 4) is 17.2 Å². The largest absolute Gasteiger partial charge is 0.505 e. The van der Waals surface area contributed by atoms with Crippen LogP contribution in [-0.2, 0) is 16.6 Å². The van der Waals surface area contributed by atoms with Gasteiger partial charge in [0.2, 0.25) is 15.8 Å². The summed E-state index contributed by atoms with van der Waals surface area (Å²) in [5.74, 6) is -0.478. The number of anilines is 1. The number of hydrogen-bond donors (Lipinski definition) is 1. The summed E-state index contributed by atoms with van der Waals surface area (Å²) in [6, 6.07) is 18.6. The summed E-state index contributed by atoms with van der Waals surface area (Å²) in [6.07, 6.45) is 1.52. The predicted molar refractivity (Wildman–Crippen MR) is 155 cm³/mol. The highest BCUT2D eigenvalue weighted by Crippen LogP contribution is 2.36. The Kier molecular flexibility index (Phi) is 8.25. The van der Waals surface area contributed by atoms with Crippen LogP contribution in [0.1, 0.15) is 5.56 Å². The molecule has 0 unspecified atom stereocenters. The standard InChI is InChI=1S/C27H23Cl3N4O5S/c28-19-7-4-8-21(13-19)34-27(36)26(39-17-18-5-2-1-3-6-18)23(16-31-34)32-9-11-33(12-10-32)40(37,38)24-15-20(29)14-22(30)25(24)35/h1-8,13-16,35H,9-12,17H2. The van der Waals surface area contributed by atoms with Gasteiger partial charge in [-0.05, 0) is 35.9 Å². The molecule has 3 aromatic carbocycles. The van der Waals surface area contributed by atoms with Gasteiger partial charge < -0.3 is 14.7 Å². The van der Waals surface area contributed by atoms with Crippen molar-refractivity contribution in [2.45, 2.75) is 11.5 Å². The Morgan fingerprint density at radius 3 is 2.33 bits per heavy atom. The predicted octanol–water partition coefficient (Wildman–Crippen LogP) is 4.99. The van der Waals surface area contributed by atoms with E-state index in [9.17, 15) is 18.3 Å². The van der Waals surface area contributed by atoms with E-state index in [1.54, 1.807) is 24.3 Å². The van der Waals surface area contributed by atoms with E-state index in [1.807, 2.05) is 35.2 Å². The molecule has 2 heterocycles. The van der Waals surface area contributed by atoms with Crippen molar-refractivity contribution in [2.24, 2.45) is 0 Å². The summed E-state index contributed by atoms with van der Waals surface area (Å²) in [7, 11) is -4.09. The summed E-state index contributed by atoms with van der Waals surface area (Å²) in [5, 5.41) is 15.0. The Morgan fingerprint density at radius 1 is 0.900 bits per heavy atom. The molecule has 1 fully saturated rings. The molecule has 0 amide bonds. The van der Waals surface area contributed by atoms with Gasteiger partial charge in [0.25, 0.3) is 0 Å². The van der Waals surface area contributed by atoms with Crippen LogP contribution in [0.3, 0.4) is 0 Å². The van der Waals surface area contributed by atoms with Crippen LogP contribution in [0.25, 0.3) is 5.69 Å². The number of hydrogen-bond acceptors (Lipinski definition) is 7. The zero-order valence-electron chi connectivity index (χ0n) is 20.9. The van der Waals surface area contributed by atoms with Crippen LogP contribution < -0.4 is 15.2 Å². The molecule has 40 heavy (non-hydrogen) atoms. The van der Waals surface area contributed by atoms with E-state index in [0.717, 1.165) is 5.56 Å². The SMILES string of the molecule is O=c1c(OCc2ccccc2)c(N2CCN(S(=O)(=O)c3cc(Cl)cc(Cl)c3O)CC2)cnn1-c1cccc(Cl)c1. The van der Waals surface area contributed by atoms with E-state index in [0.29, 0.717) is 16.4 Å². The van der Waals surface area contributed by atoms with E-state index < -0.39 is 21.3 Å². The topological polar surface area (TPSA) is 105 Å². The zero-order chi connectivity index (χ0) is 28.4. The second-order valence-corrected chi connectivity index (χ2v) is 12.1. The number of halogens is 3. The first kappa shape index (κ1) is 28.3. The fraction of sp³-hybridized carbons (Fsp3) is 0.185. The summed E-state index contributed by atoms with van der Waals surface area (Å²) < 4.78 is 35.1. The molecule has 0 aliphatic carbocycles. The third kappa shape index (κ3) is 5.77. The maximum atomic E-state index is 13.6. The van der Waals surface area contributed by atoms with Gasteiger partial charge in [0.1, 0.15) is 17.2 Å². The molecule has 1 aliphatic rings. The van der Waals surface area contributed by atoms with E-state index in [1.165, 1.54) is 27.3 Å². The summed E-state index contributed by atoms with van der Waals surface area (Å²) >= 11 is 18.1. The molecule has 13 heteroatoms. The van der Waals surface area contributed by atoms with E-state index in [4.69, 9.17) is 39.5 Å². The monoisotopic (exact) mass is 620 g/mol. The van der Waals surface area contributed by atoms with Crippen LogP contribution >= 0.6 is 34.8 Å². The molecule has 1 N–H and O–H groups in total. The molecule has 0 radical (unpaired) electrons. The molecule has 5 rings (SSSR count). The van der Waals surface area contributed by atoms with Gasteiger partial charge in [-0.2, -0.15) is 14.1 Å². The molecule has 1 saturated heterocycles. The molecule has 208 valence electrons. The zero-order valence-corrected chi connectivity index (χ0v) is 24.0. The van der Waals surface area contributed by atoms with Crippen molar-refractivity contribution in [1.82, 2.24) is 14.1 Å². The number of ether oxygens (including phenoxy) is 1. The van der Waals surface area contributed by atoms with Crippen molar-refractivity contribution < 1.29 is 18.3 Å². The van der Waals surface area contributed by atoms with Crippen molar-refractivity contribution in [2.75, 3.05) is 31.1 Å². The van der Waals surface area contributed by atoms with Crippen LogP contribution in [0.5, 0.6) is 11.5 Å². The van der Waals surface area contributed by atoms with Crippen LogP contribution in [-0.4, -0.2) is 53.8 Å². The molecule has 0 saturated carbocycles. The second kappa shape index (κ2) is 11.7. The molecule has 0 bridgehead atoms. The molecule has 1 aliphatic heterocycles. The Labute approximate surface area is 245 Å². The van der Waals surface area contributed by atoms with E-state index in [-0.39, 0.29) is 53.5 Å². The molecule has 9 nitrogen and oxygen atoms in total. The molecule has 0 spiro atoms. The number of rotatable bonds is 7. The maximum Gasteiger partial charge on any atom is 0.316 e. The van der Waals surface area contributed by atoms with E-state index >= 15 is 0 Å². The van der Waals surface area contributed by atoms with Crippen molar-refractivity contribution in [3.63, 3.8) is 0 Å². The second-order valence-electron chi connectivity index (χ2n) is 8.96. The first-order chi connectivity index (χ1) is 19.1. The minimum Gasteiger partial charge on any atom is -0.505 e. The lowest BCUT2D eigenvalue weighted by atomic mass is 10.2. The Bertz CT molecular complexity index is 1710. The minimum absolute atomic E-state index is 0.0708. The number of benzene rings is 3. The number of aromatic hydroxyl groups is 1. The van der Waals surface area contributed by atoms with Gasteiger partial charge in [-0.15, -0.1) is 0 Å². The molecule has 0 atom stereocenters. The van der Waals surface area contributed by atoms with Crippen LogP contribution in [0.15, 0.2) is 82.6 Å². The Balaban J connectivity index is 1.44. The summed E-state index contributed by atoms with van der Waals surface area (Å²) in [4.78, 5) is 15.1. The van der Waals surface area contributed by atoms with E-state index in [2.05, 4.69) is 5.10 Å². The lowest BCUT2D eigenvalue weighted by Crippen LogP contribution is -2.49. The van der Waals surface area contributed by atoms with Crippen LogP contribution in [0.2, 0.25) is 15.1 Å². The molecular weight excluding hydrogens is 599 g/mol. The average molecular weight is 622 g/mol. The lowest BCUT2D eigenvalue weighted by molar-refractivity contribution is 0.297. The number of phenolic OH excluding ortho intramolecular Hbond substituents is 1. The molecule has 1 aromatic heterocycles. The smallest absolute Gasteiger partial charge is 0.316 e. The minimum atomic E-state index is -4.09. The van der Waals surface area contributed by atoms with Gasteiger partial charge in [-0.3, -0.25) is 4.79 Å². The lowest BCUT2D eigenvalue weighted by Gasteiger charge is -2.35. The van der Waals surface area contributed by atoms with Gasteiger partial charge >= 0.3 is 5.56 Å². The highest BCUT2D eigenvalue weighted by atomic mass is 35.5. The third-order valence-electron chi connectivity index (χ3n) is 6.38. The van der Waals surface area contributed by atoms with Crippen LogP contribution in [0, 0.1) is 0 Å². The normalized spacial score (nSPS) is 14.3. The average Bonchev–Trinajstić information content (AvgIpc) is 2.94. The van der Waals surface area contributed by atoms with Gasteiger partial charge in [0.15, 0.2) is 5.75 Å². The molecular formula is C27H23Cl3N4O5S. The van der Waals surface area contributed by atoms with Crippen molar-refractivity contribution in [1.29, 1.82) is 0 Å². The Morgan fingerprint density at radius 2 is 1.62 bits per heavy atom. The van der Waals surface area contributed by atoms with Crippen molar-refractivity contribution >= 4 is 50.5 Å². The van der Waals surface area contributed by atoms with Gasteiger partial charge in [-0.1, -0.05) is 71.2 Å². The van der Waals surface area contributed by atoms with Gasteiger partial charge in [0.05, 0.1) is 16.9 Å². The Hall–Kier alpha value is -3.28. The number of nitrogens with zero attached hydrogens (tertiary/aromatic N) is 4. The fourth-order valence-electron chi connectivity index (χ4n) is 4.36. The maximum absolute atomic E-state index is 13.6. The van der Waals surface area contributed by atoms with Gasteiger partial charge in [-0.25, -0.2) is 8.42 Å². The summed E-state index contributed by atoms with van der Waals surface area (Å²) in [6.45, 7) is 0.755. The van der Waals surface area contributed by atoms with Crippen LogP contribution in [0.4, 0.5) is 5.69 Å². The number of aromatic nitrogens is 2. The summed E-state index contributed by atoms with van der Waals surface area (Å²) in [5.41, 5.74) is 1.30. The number of piperazine rings is 1. The highest BCUT2D eigenvalue weighted by Gasteiger charge is 2.33. The highest BCUT2D eigenvalue weighted by molar-refractivity contribution is 7.89. The van der Waals surface area contributed by atoms with Crippen molar-refractivity contribution in [3.05, 3.63) is 104 Å². The first-order valence-electron chi connectivity index (χ1n) is 12.1. The quantitative estimate of drug-likeness (QED) is 0.310. The third-order valence-corrected chi connectivity index (χ3v) is 9.04. The number of phenols is 1. The van der Waals surface area contributed by atoms with Gasteiger partial charge in [0, 0.05) is 36.2 Å². The first-order valence-corrected chi connectivity index (χ1v) is 14.7.